The Morgan fingerprint density at radius 1 is 1.28 bits per heavy atom. The fourth-order valence-electron chi connectivity index (χ4n) is 2.16. The van der Waals surface area contributed by atoms with Gasteiger partial charge in [-0.15, -0.1) is 0 Å². The molecule has 1 aromatic carbocycles. The van der Waals surface area contributed by atoms with E-state index in [1.807, 2.05) is 0 Å². The first-order valence-electron chi connectivity index (χ1n) is 6.72. The molecule has 2 atom stereocenters. The highest BCUT2D eigenvalue weighted by molar-refractivity contribution is 5.34. The van der Waals surface area contributed by atoms with Crippen molar-refractivity contribution < 1.29 is 9.50 Å². The molecule has 0 aromatic heterocycles. The van der Waals surface area contributed by atoms with Gasteiger partial charge in [0.15, 0.2) is 0 Å². The Labute approximate surface area is 109 Å². The molecular formula is C15H24FNO. The predicted molar refractivity (Wildman–Crippen MR) is 73.2 cm³/mol. The van der Waals surface area contributed by atoms with E-state index in [1.54, 1.807) is 6.07 Å². The van der Waals surface area contributed by atoms with Crippen LogP contribution in [0.5, 0.6) is 5.75 Å². The van der Waals surface area contributed by atoms with E-state index in [2.05, 4.69) is 32.6 Å². The molecule has 0 aliphatic heterocycles. The predicted octanol–water partition coefficient (Wildman–Crippen LogP) is 3.96. The lowest BCUT2D eigenvalue weighted by Gasteiger charge is -2.30. The highest BCUT2D eigenvalue weighted by Gasteiger charge is 2.19. The van der Waals surface area contributed by atoms with Crippen LogP contribution in [0.2, 0.25) is 0 Å². The Kier molecular flexibility index (Phi) is 5.60. The molecule has 18 heavy (non-hydrogen) atoms. The summed E-state index contributed by atoms with van der Waals surface area (Å²) in [6, 6.07) is 4.37. The minimum Gasteiger partial charge on any atom is -0.508 e. The summed E-state index contributed by atoms with van der Waals surface area (Å²) < 4.78 is 13.0. The lowest BCUT2D eigenvalue weighted by molar-refractivity contribution is 0.187. The van der Waals surface area contributed by atoms with Crippen LogP contribution in [0.15, 0.2) is 18.2 Å². The summed E-state index contributed by atoms with van der Waals surface area (Å²) in [5, 5.41) is 9.83. The van der Waals surface area contributed by atoms with E-state index in [0.717, 1.165) is 25.1 Å². The number of rotatable bonds is 6. The van der Waals surface area contributed by atoms with Gasteiger partial charge in [0, 0.05) is 24.2 Å². The first-order chi connectivity index (χ1) is 8.49. The molecule has 0 amide bonds. The number of aromatic hydroxyl groups is 1. The minimum atomic E-state index is -0.395. The van der Waals surface area contributed by atoms with Crippen LogP contribution in [-0.2, 0) is 0 Å². The Bertz CT molecular complexity index is 381. The maximum atomic E-state index is 13.0. The van der Waals surface area contributed by atoms with E-state index >= 15 is 0 Å². The first kappa shape index (κ1) is 15.0. The zero-order chi connectivity index (χ0) is 13.7. The van der Waals surface area contributed by atoms with Crippen LogP contribution in [-0.4, -0.2) is 23.1 Å². The van der Waals surface area contributed by atoms with Gasteiger partial charge >= 0.3 is 0 Å². The van der Waals surface area contributed by atoms with Gasteiger partial charge in [-0.1, -0.05) is 33.3 Å². The molecule has 1 N–H and O–H groups in total. The van der Waals surface area contributed by atoms with Crippen LogP contribution in [0.1, 0.15) is 45.7 Å². The second kappa shape index (κ2) is 6.74. The van der Waals surface area contributed by atoms with Crippen molar-refractivity contribution >= 4 is 0 Å². The number of halogens is 1. The molecule has 0 fully saturated rings. The van der Waals surface area contributed by atoms with Gasteiger partial charge in [-0.3, -0.25) is 4.90 Å². The fourth-order valence-corrected chi connectivity index (χ4v) is 2.16. The summed E-state index contributed by atoms with van der Waals surface area (Å²) in [5.41, 5.74) is 0.793. The van der Waals surface area contributed by atoms with Crippen LogP contribution in [0.3, 0.4) is 0 Å². The average Bonchev–Trinajstić information content (AvgIpc) is 2.34. The molecule has 3 heteroatoms. The average molecular weight is 253 g/mol. The number of hydrogen-bond acceptors (Lipinski definition) is 2. The Balaban J connectivity index is 2.85. The minimum absolute atomic E-state index is 0.0464. The van der Waals surface area contributed by atoms with Gasteiger partial charge in [-0.25, -0.2) is 4.39 Å². The van der Waals surface area contributed by atoms with E-state index < -0.39 is 5.82 Å². The number of benzene rings is 1. The lowest BCUT2D eigenvalue weighted by Crippen LogP contribution is -2.31. The third-order valence-corrected chi connectivity index (χ3v) is 3.64. The van der Waals surface area contributed by atoms with Crippen LogP contribution in [0.4, 0.5) is 4.39 Å². The molecule has 0 saturated heterocycles. The Morgan fingerprint density at radius 2 is 1.94 bits per heavy atom. The van der Waals surface area contributed by atoms with Gasteiger partial charge < -0.3 is 5.11 Å². The summed E-state index contributed by atoms with van der Waals surface area (Å²) >= 11 is 0. The molecule has 2 nitrogen and oxygen atoms in total. The van der Waals surface area contributed by atoms with Gasteiger partial charge in [-0.05, 0) is 25.5 Å². The van der Waals surface area contributed by atoms with Crippen molar-refractivity contribution in [1.82, 2.24) is 4.90 Å². The molecule has 0 aliphatic rings. The number of phenols is 1. The lowest BCUT2D eigenvalue weighted by atomic mass is 10.0. The summed E-state index contributed by atoms with van der Waals surface area (Å²) in [7, 11) is 0. The normalized spacial score (nSPS) is 14.8. The van der Waals surface area contributed by atoms with Gasteiger partial charge in [0.2, 0.25) is 0 Å². The highest BCUT2D eigenvalue weighted by Crippen LogP contribution is 2.29. The van der Waals surface area contributed by atoms with Crippen LogP contribution < -0.4 is 0 Å². The van der Waals surface area contributed by atoms with Crippen molar-refractivity contribution in [3.8, 4) is 5.75 Å². The second-order valence-electron chi connectivity index (χ2n) is 4.98. The number of phenolic OH excluding ortho intramolecular Hbond substituents is 1. The summed E-state index contributed by atoms with van der Waals surface area (Å²) in [5.74, 6) is 0.272. The van der Waals surface area contributed by atoms with E-state index in [4.69, 9.17) is 0 Å². The monoisotopic (exact) mass is 253 g/mol. The maximum Gasteiger partial charge on any atom is 0.126 e. The molecule has 0 saturated carbocycles. The molecule has 0 heterocycles. The fraction of sp³-hybridized carbons (Fsp3) is 0.600. The van der Waals surface area contributed by atoms with Crippen molar-refractivity contribution in [1.29, 1.82) is 0 Å². The van der Waals surface area contributed by atoms with Crippen LogP contribution >= 0.6 is 0 Å². The van der Waals surface area contributed by atoms with Crippen molar-refractivity contribution in [2.75, 3.05) is 13.1 Å². The number of nitrogens with zero attached hydrogens (tertiary/aromatic N) is 1. The largest absolute Gasteiger partial charge is 0.508 e. The van der Waals surface area contributed by atoms with Gasteiger partial charge in [0.1, 0.15) is 11.6 Å². The topological polar surface area (TPSA) is 23.5 Å². The molecule has 0 radical (unpaired) electrons. The highest BCUT2D eigenvalue weighted by atomic mass is 19.1. The van der Waals surface area contributed by atoms with E-state index in [-0.39, 0.29) is 11.8 Å². The summed E-state index contributed by atoms with van der Waals surface area (Å²) in [6.45, 7) is 10.5. The third-order valence-electron chi connectivity index (χ3n) is 3.64. The molecule has 1 rings (SSSR count). The molecule has 0 bridgehead atoms. The summed E-state index contributed by atoms with van der Waals surface area (Å²) in [4.78, 5) is 2.31. The van der Waals surface area contributed by atoms with E-state index in [0.29, 0.717) is 5.92 Å². The van der Waals surface area contributed by atoms with Crippen molar-refractivity contribution in [3.63, 3.8) is 0 Å². The van der Waals surface area contributed by atoms with Crippen molar-refractivity contribution in [2.45, 2.75) is 40.2 Å². The molecule has 102 valence electrons. The van der Waals surface area contributed by atoms with E-state index in [9.17, 15) is 9.50 Å². The molecule has 0 aliphatic carbocycles. The molecule has 1 aromatic rings. The Hall–Kier alpha value is -1.09. The van der Waals surface area contributed by atoms with Crippen molar-refractivity contribution in [3.05, 3.63) is 29.6 Å². The van der Waals surface area contributed by atoms with Crippen LogP contribution in [0, 0.1) is 11.7 Å². The van der Waals surface area contributed by atoms with Gasteiger partial charge in [-0.2, -0.15) is 0 Å². The maximum absolute atomic E-state index is 13.0. The Morgan fingerprint density at radius 3 is 2.44 bits per heavy atom. The zero-order valence-electron chi connectivity index (χ0n) is 11.8. The van der Waals surface area contributed by atoms with E-state index in [1.165, 1.54) is 12.1 Å². The number of hydrogen-bond donors (Lipinski definition) is 1. The second-order valence-corrected chi connectivity index (χ2v) is 4.98. The van der Waals surface area contributed by atoms with Gasteiger partial charge in [0.25, 0.3) is 0 Å². The molecule has 0 spiro atoms. The standard InChI is InChI=1S/C15H24FNO/c1-5-11(3)10-17(6-2)12(4)14-8-7-13(16)9-15(14)18/h7-9,11-12,18H,5-6,10H2,1-4H3. The quantitative estimate of drug-likeness (QED) is 0.829. The summed E-state index contributed by atoms with van der Waals surface area (Å²) in [6.07, 6.45) is 1.14. The zero-order valence-corrected chi connectivity index (χ0v) is 11.8. The van der Waals surface area contributed by atoms with Crippen molar-refractivity contribution in [2.24, 2.45) is 5.92 Å². The molecular weight excluding hydrogens is 229 g/mol. The first-order valence-corrected chi connectivity index (χ1v) is 6.72. The molecule has 2 unspecified atom stereocenters. The smallest absolute Gasteiger partial charge is 0.126 e. The van der Waals surface area contributed by atoms with Crippen LogP contribution in [0.25, 0.3) is 0 Å². The third kappa shape index (κ3) is 3.70. The van der Waals surface area contributed by atoms with Gasteiger partial charge in [0.05, 0.1) is 0 Å². The SMILES string of the molecule is CCC(C)CN(CC)C(C)c1ccc(F)cc1O.